The number of hydrogen-bond acceptors (Lipinski definition) is 2. The average Bonchev–Trinajstić information content (AvgIpc) is 3.22. The van der Waals surface area contributed by atoms with Crippen LogP contribution in [0.5, 0.6) is 0 Å². The molecule has 0 radical (unpaired) electrons. The molecule has 1 atom stereocenters. The molecule has 2 aromatic rings. The van der Waals surface area contributed by atoms with Crippen molar-refractivity contribution in [3.63, 3.8) is 0 Å². The summed E-state index contributed by atoms with van der Waals surface area (Å²) in [5.41, 5.74) is 0.600. The summed E-state index contributed by atoms with van der Waals surface area (Å²) in [6, 6.07) is 5.49. The van der Waals surface area contributed by atoms with Crippen molar-refractivity contribution in [3.05, 3.63) is 47.2 Å². The van der Waals surface area contributed by atoms with Gasteiger partial charge in [0.2, 0.25) is 5.91 Å². The van der Waals surface area contributed by atoms with Crippen molar-refractivity contribution in [2.75, 3.05) is 5.32 Å². The Bertz CT molecular complexity index is 806. The molecule has 7 heteroatoms. The number of nitrogens with zero attached hydrogens (tertiary/aromatic N) is 2. The lowest BCUT2D eigenvalue weighted by Crippen LogP contribution is -2.25. The highest BCUT2D eigenvalue weighted by Gasteiger charge is 2.35. The second-order valence-corrected chi connectivity index (χ2v) is 6.76. The summed E-state index contributed by atoms with van der Waals surface area (Å²) in [4.78, 5) is 12.2. The average molecular weight is 349 g/mol. The van der Waals surface area contributed by atoms with Gasteiger partial charge in [0.05, 0.1) is 17.8 Å². The lowest BCUT2D eigenvalue weighted by atomic mass is 9.86. The van der Waals surface area contributed by atoms with E-state index in [9.17, 15) is 18.0 Å². The Balaban J connectivity index is 1.74. The molecule has 1 saturated carbocycles. The normalized spacial score (nSPS) is 21.2. The molecule has 1 aliphatic heterocycles. The van der Waals surface area contributed by atoms with E-state index in [1.807, 2.05) is 4.68 Å². The van der Waals surface area contributed by atoms with Gasteiger partial charge in [0, 0.05) is 17.9 Å². The zero-order valence-corrected chi connectivity index (χ0v) is 13.5. The summed E-state index contributed by atoms with van der Waals surface area (Å²) in [6.07, 6.45) is 1.71. The number of fused-ring (bicyclic) bond motifs is 1. The smallest absolute Gasteiger partial charge is 0.311 e. The zero-order chi connectivity index (χ0) is 17.6. The van der Waals surface area contributed by atoms with E-state index in [4.69, 9.17) is 0 Å². The molecule has 132 valence electrons. The lowest BCUT2D eigenvalue weighted by Gasteiger charge is -2.25. The van der Waals surface area contributed by atoms with Crippen LogP contribution in [0.3, 0.4) is 0 Å². The van der Waals surface area contributed by atoms with Crippen LogP contribution in [-0.2, 0) is 11.0 Å². The Hall–Kier alpha value is -2.31. The van der Waals surface area contributed by atoms with E-state index in [2.05, 4.69) is 10.4 Å². The van der Waals surface area contributed by atoms with Gasteiger partial charge in [0.25, 0.3) is 0 Å². The maximum absolute atomic E-state index is 13.0. The maximum Gasteiger partial charge on any atom is 0.416 e. The van der Waals surface area contributed by atoms with E-state index < -0.39 is 17.7 Å². The second kappa shape index (κ2) is 5.89. The number of amides is 1. The fourth-order valence-electron chi connectivity index (χ4n) is 3.89. The number of carbonyl (C=O) groups is 1. The highest BCUT2D eigenvalue weighted by Crippen LogP contribution is 2.41. The number of rotatable bonds is 2. The molecule has 2 aliphatic rings. The number of hydrogen-bond donors (Lipinski definition) is 1. The molecule has 1 aromatic carbocycles. The Morgan fingerprint density at radius 3 is 2.68 bits per heavy atom. The first kappa shape index (κ1) is 16.2. The van der Waals surface area contributed by atoms with Crippen molar-refractivity contribution in [2.24, 2.45) is 0 Å². The molecule has 1 aliphatic carbocycles. The number of anilines is 1. The van der Waals surface area contributed by atoms with Crippen molar-refractivity contribution in [2.45, 2.75) is 50.2 Å². The van der Waals surface area contributed by atoms with Crippen LogP contribution in [0, 0.1) is 0 Å². The Kier molecular flexibility index (Phi) is 3.81. The fraction of sp³-hybridized carbons (Fsp3) is 0.444. The molecule has 0 saturated heterocycles. The van der Waals surface area contributed by atoms with Crippen LogP contribution in [0.25, 0.3) is 0 Å². The third-order valence-electron chi connectivity index (χ3n) is 5.13. The summed E-state index contributed by atoms with van der Waals surface area (Å²) in [5, 5.41) is 7.31. The molecule has 2 heterocycles. The molecular weight excluding hydrogens is 331 g/mol. The highest BCUT2D eigenvalue weighted by atomic mass is 19.4. The van der Waals surface area contributed by atoms with Crippen molar-refractivity contribution in [3.8, 4) is 0 Å². The van der Waals surface area contributed by atoms with Gasteiger partial charge in [0.15, 0.2) is 0 Å². The van der Waals surface area contributed by atoms with Crippen molar-refractivity contribution in [1.82, 2.24) is 9.78 Å². The van der Waals surface area contributed by atoms with Gasteiger partial charge in [-0.2, -0.15) is 18.3 Å². The summed E-state index contributed by atoms with van der Waals surface area (Å²) in [5.74, 6) is 0.0569. The molecule has 0 spiro atoms. The standard InChI is InChI=1S/C18H18F3N3O/c19-18(20,21)12-5-3-4-11(8-12)14-9-16(25)23-17-15(14)10-22-24(17)13-6-1-2-7-13/h3-5,8,10,13-14H,1-2,6-7,9H2,(H,23,25). The highest BCUT2D eigenvalue weighted by molar-refractivity contribution is 5.94. The van der Waals surface area contributed by atoms with E-state index in [0.717, 1.165) is 43.4 Å². The third kappa shape index (κ3) is 2.92. The Morgan fingerprint density at radius 2 is 1.96 bits per heavy atom. The molecule has 1 N–H and O–H groups in total. The largest absolute Gasteiger partial charge is 0.416 e. The van der Waals surface area contributed by atoms with Crippen LogP contribution < -0.4 is 5.32 Å². The van der Waals surface area contributed by atoms with E-state index in [1.54, 1.807) is 12.3 Å². The predicted octanol–water partition coefficient (Wildman–Crippen LogP) is 4.49. The number of alkyl halides is 3. The first-order valence-corrected chi connectivity index (χ1v) is 8.48. The van der Waals surface area contributed by atoms with E-state index in [1.165, 1.54) is 6.07 Å². The number of halogens is 3. The minimum absolute atomic E-state index is 0.130. The Labute approximate surface area is 143 Å². The van der Waals surface area contributed by atoms with Gasteiger partial charge in [-0.3, -0.25) is 4.79 Å². The van der Waals surface area contributed by atoms with Gasteiger partial charge >= 0.3 is 6.18 Å². The van der Waals surface area contributed by atoms with Crippen LogP contribution in [0.15, 0.2) is 30.5 Å². The minimum Gasteiger partial charge on any atom is -0.311 e. The number of benzene rings is 1. The Morgan fingerprint density at radius 1 is 1.20 bits per heavy atom. The predicted molar refractivity (Wildman–Crippen MR) is 86.3 cm³/mol. The van der Waals surface area contributed by atoms with Crippen molar-refractivity contribution in [1.29, 1.82) is 0 Å². The van der Waals surface area contributed by atoms with Gasteiger partial charge in [-0.25, -0.2) is 4.68 Å². The molecule has 4 nitrogen and oxygen atoms in total. The quantitative estimate of drug-likeness (QED) is 0.868. The van der Waals surface area contributed by atoms with Crippen LogP contribution in [0.4, 0.5) is 19.0 Å². The topological polar surface area (TPSA) is 46.9 Å². The van der Waals surface area contributed by atoms with Gasteiger partial charge in [-0.15, -0.1) is 0 Å². The van der Waals surface area contributed by atoms with Gasteiger partial charge < -0.3 is 5.32 Å². The van der Waals surface area contributed by atoms with Crippen LogP contribution in [0.1, 0.15) is 60.8 Å². The maximum atomic E-state index is 13.0. The minimum atomic E-state index is -4.40. The molecular formula is C18H18F3N3O. The van der Waals surface area contributed by atoms with E-state index >= 15 is 0 Å². The fourth-order valence-corrected chi connectivity index (χ4v) is 3.89. The van der Waals surface area contributed by atoms with Crippen molar-refractivity contribution < 1.29 is 18.0 Å². The molecule has 4 rings (SSSR count). The number of nitrogens with one attached hydrogen (secondary N) is 1. The zero-order valence-electron chi connectivity index (χ0n) is 13.5. The summed E-state index contributed by atoms with van der Waals surface area (Å²) < 4.78 is 40.9. The van der Waals surface area contributed by atoms with Crippen LogP contribution in [-0.4, -0.2) is 15.7 Å². The first-order valence-electron chi connectivity index (χ1n) is 8.48. The van der Waals surface area contributed by atoms with Gasteiger partial charge in [-0.05, 0) is 24.5 Å². The monoisotopic (exact) mass is 349 g/mol. The van der Waals surface area contributed by atoms with E-state index in [0.29, 0.717) is 11.4 Å². The van der Waals surface area contributed by atoms with E-state index in [-0.39, 0.29) is 18.4 Å². The van der Waals surface area contributed by atoms with Crippen molar-refractivity contribution >= 4 is 11.7 Å². The first-order chi connectivity index (χ1) is 11.9. The second-order valence-electron chi connectivity index (χ2n) is 6.76. The molecule has 1 unspecified atom stereocenters. The molecule has 25 heavy (non-hydrogen) atoms. The lowest BCUT2D eigenvalue weighted by molar-refractivity contribution is -0.137. The summed E-state index contributed by atoms with van der Waals surface area (Å²) >= 11 is 0. The third-order valence-corrected chi connectivity index (χ3v) is 5.13. The van der Waals surface area contributed by atoms with Gasteiger partial charge in [0.1, 0.15) is 5.82 Å². The van der Waals surface area contributed by atoms with Gasteiger partial charge in [-0.1, -0.05) is 31.0 Å². The SMILES string of the molecule is O=C1CC(c2cccc(C(F)(F)F)c2)c2cnn(C3CCCC3)c2N1. The van der Waals surface area contributed by atoms with Crippen LogP contribution in [0.2, 0.25) is 0 Å². The molecule has 1 fully saturated rings. The van der Waals surface area contributed by atoms with Crippen LogP contribution >= 0.6 is 0 Å². The summed E-state index contributed by atoms with van der Waals surface area (Å²) in [6.45, 7) is 0. The number of aromatic nitrogens is 2. The number of carbonyl (C=O) groups excluding carboxylic acids is 1. The molecule has 1 aromatic heterocycles. The summed E-state index contributed by atoms with van der Waals surface area (Å²) in [7, 11) is 0. The molecule has 0 bridgehead atoms. The molecule has 1 amide bonds.